The monoisotopic (exact) mass is 231 g/mol. The maximum Gasteiger partial charge on any atom is 0.0743 e. The summed E-state index contributed by atoms with van der Waals surface area (Å²) in [6, 6.07) is 0.359. The van der Waals surface area contributed by atoms with Crippen LogP contribution in [-0.4, -0.2) is 35.0 Å². The van der Waals surface area contributed by atoms with Crippen LogP contribution in [-0.2, 0) is 0 Å². The average Bonchev–Trinajstić information content (AvgIpc) is 2.21. The zero-order valence-electron chi connectivity index (χ0n) is 11.3. The Bertz CT molecular complexity index is 169. The van der Waals surface area contributed by atoms with E-state index in [9.17, 15) is 5.11 Å². The van der Waals surface area contributed by atoms with E-state index in [0.717, 1.165) is 25.7 Å². The van der Waals surface area contributed by atoms with E-state index in [0.29, 0.717) is 18.5 Å². The van der Waals surface area contributed by atoms with Crippen LogP contribution in [0.4, 0.5) is 0 Å². The summed E-state index contributed by atoms with van der Waals surface area (Å²) >= 11 is 0. The molecule has 3 heteroatoms. The van der Waals surface area contributed by atoms with Crippen LogP contribution in [0.2, 0.25) is 0 Å². The number of hydrogen-bond donors (Lipinski definition) is 3. The first kappa shape index (κ1) is 15.9. The van der Waals surface area contributed by atoms with Gasteiger partial charge >= 0.3 is 0 Å². The highest BCUT2D eigenvalue weighted by Gasteiger charge is 2.20. The first-order chi connectivity index (χ1) is 7.37. The molecule has 2 atom stereocenters. The third kappa shape index (κ3) is 9.13. The minimum Gasteiger partial charge on any atom is -0.396 e. The smallest absolute Gasteiger partial charge is 0.0743 e. The van der Waals surface area contributed by atoms with Crippen LogP contribution in [0.1, 0.15) is 53.4 Å². The van der Waals surface area contributed by atoms with Crippen molar-refractivity contribution < 1.29 is 10.2 Å². The number of nitrogens with one attached hydrogen (secondary N) is 1. The zero-order chi connectivity index (χ0) is 12.6. The Morgan fingerprint density at radius 1 is 1.19 bits per heavy atom. The quantitative estimate of drug-likeness (QED) is 0.568. The van der Waals surface area contributed by atoms with Crippen LogP contribution in [0.5, 0.6) is 0 Å². The normalized spacial score (nSPS) is 17.4. The van der Waals surface area contributed by atoms with Gasteiger partial charge in [-0.2, -0.15) is 0 Å². The third-order valence-corrected chi connectivity index (χ3v) is 2.89. The first-order valence-corrected chi connectivity index (χ1v) is 6.44. The molecule has 0 heterocycles. The van der Waals surface area contributed by atoms with Crippen LogP contribution in [0.3, 0.4) is 0 Å². The summed E-state index contributed by atoms with van der Waals surface area (Å²) in [7, 11) is 0. The second-order valence-corrected chi connectivity index (χ2v) is 5.58. The molecule has 0 saturated carbocycles. The van der Waals surface area contributed by atoms with E-state index in [1.54, 1.807) is 0 Å². The minimum absolute atomic E-state index is 0.246. The lowest BCUT2D eigenvalue weighted by Crippen LogP contribution is -2.41. The summed E-state index contributed by atoms with van der Waals surface area (Å²) in [5, 5.41) is 22.2. The van der Waals surface area contributed by atoms with E-state index in [1.807, 2.05) is 6.92 Å². The Labute approximate surface area is 100 Å². The molecule has 0 aromatic rings. The van der Waals surface area contributed by atoms with Gasteiger partial charge in [0.25, 0.3) is 0 Å². The van der Waals surface area contributed by atoms with Gasteiger partial charge in [0.05, 0.1) is 5.60 Å². The molecule has 98 valence electrons. The van der Waals surface area contributed by atoms with E-state index in [-0.39, 0.29) is 6.61 Å². The predicted molar refractivity (Wildman–Crippen MR) is 68.5 cm³/mol. The molecule has 0 spiro atoms. The fraction of sp³-hybridized carbons (Fsp3) is 1.00. The fourth-order valence-corrected chi connectivity index (χ4v) is 1.58. The van der Waals surface area contributed by atoms with Crippen molar-refractivity contribution in [2.24, 2.45) is 5.92 Å². The van der Waals surface area contributed by atoms with E-state index < -0.39 is 5.60 Å². The van der Waals surface area contributed by atoms with Gasteiger partial charge in [0.15, 0.2) is 0 Å². The van der Waals surface area contributed by atoms with Crippen molar-refractivity contribution in [1.29, 1.82) is 0 Å². The van der Waals surface area contributed by atoms with E-state index in [4.69, 9.17) is 5.11 Å². The highest BCUT2D eigenvalue weighted by atomic mass is 16.3. The topological polar surface area (TPSA) is 52.5 Å². The molecule has 16 heavy (non-hydrogen) atoms. The van der Waals surface area contributed by atoms with Crippen LogP contribution >= 0.6 is 0 Å². The fourth-order valence-electron chi connectivity index (χ4n) is 1.58. The molecule has 0 aromatic heterocycles. The van der Waals surface area contributed by atoms with Gasteiger partial charge in [-0.3, -0.25) is 0 Å². The Kier molecular flexibility index (Phi) is 7.98. The zero-order valence-corrected chi connectivity index (χ0v) is 11.3. The number of hydrogen-bond acceptors (Lipinski definition) is 3. The first-order valence-electron chi connectivity index (χ1n) is 6.44. The summed E-state index contributed by atoms with van der Waals surface area (Å²) in [5.74, 6) is 0.637. The molecule has 3 nitrogen and oxygen atoms in total. The number of aliphatic hydroxyl groups is 2. The highest BCUT2D eigenvalue weighted by Crippen LogP contribution is 2.15. The molecule has 0 aliphatic heterocycles. The maximum absolute atomic E-state index is 10.1. The molecule has 0 radical (unpaired) electrons. The van der Waals surface area contributed by atoms with Crippen molar-refractivity contribution in [3.63, 3.8) is 0 Å². The van der Waals surface area contributed by atoms with Gasteiger partial charge in [0.1, 0.15) is 0 Å². The Morgan fingerprint density at radius 2 is 1.81 bits per heavy atom. The second-order valence-electron chi connectivity index (χ2n) is 5.58. The molecule has 2 unspecified atom stereocenters. The molecule has 0 amide bonds. The Balaban J connectivity index is 3.71. The largest absolute Gasteiger partial charge is 0.396 e. The van der Waals surface area contributed by atoms with Gasteiger partial charge in [-0.15, -0.1) is 0 Å². The molecule has 0 bridgehead atoms. The van der Waals surface area contributed by atoms with E-state index in [2.05, 4.69) is 26.1 Å². The average molecular weight is 231 g/mol. The number of rotatable bonds is 9. The van der Waals surface area contributed by atoms with Gasteiger partial charge < -0.3 is 15.5 Å². The summed E-state index contributed by atoms with van der Waals surface area (Å²) in [5.41, 5.74) is -0.613. The van der Waals surface area contributed by atoms with Gasteiger partial charge in [-0.1, -0.05) is 13.8 Å². The predicted octanol–water partition coefficient (Wildman–Crippen LogP) is 1.92. The van der Waals surface area contributed by atoms with Crippen molar-refractivity contribution in [1.82, 2.24) is 5.32 Å². The van der Waals surface area contributed by atoms with Crippen molar-refractivity contribution in [2.75, 3.05) is 13.2 Å². The van der Waals surface area contributed by atoms with Gasteiger partial charge in [-0.05, 0) is 45.4 Å². The lowest BCUT2D eigenvalue weighted by Gasteiger charge is -2.26. The molecule has 0 aliphatic carbocycles. The summed E-state index contributed by atoms with van der Waals surface area (Å²) in [6.07, 6.45) is 3.67. The molecule has 0 saturated heterocycles. The second kappa shape index (κ2) is 8.04. The van der Waals surface area contributed by atoms with Gasteiger partial charge in [-0.25, -0.2) is 0 Å². The molecule has 0 fully saturated rings. The highest BCUT2D eigenvalue weighted by molar-refractivity contribution is 4.77. The summed E-state index contributed by atoms with van der Waals surface area (Å²) < 4.78 is 0. The molecular formula is C13H29NO2. The van der Waals surface area contributed by atoms with Crippen molar-refractivity contribution in [3.8, 4) is 0 Å². The van der Waals surface area contributed by atoms with E-state index in [1.165, 1.54) is 0 Å². The summed E-state index contributed by atoms with van der Waals surface area (Å²) in [6.45, 7) is 9.21. The van der Waals surface area contributed by atoms with Gasteiger partial charge in [0.2, 0.25) is 0 Å². The van der Waals surface area contributed by atoms with E-state index >= 15 is 0 Å². The Morgan fingerprint density at radius 3 is 2.31 bits per heavy atom. The molecule has 0 aliphatic rings. The molecule has 0 rings (SSSR count). The molecular weight excluding hydrogens is 202 g/mol. The van der Waals surface area contributed by atoms with Crippen LogP contribution in [0.25, 0.3) is 0 Å². The lowest BCUT2D eigenvalue weighted by molar-refractivity contribution is 0.0426. The van der Waals surface area contributed by atoms with Crippen molar-refractivity contribution in [3.05, 3.63) is 0 Å². The maximum atomic E-state index is 10.1. The Hall–Kier alpha value is -0.120. The molecule has 3 N–H and O–H groups in total. The van der Waals surface area contributed by atoms with Gasteiger partial charge in [0, 0.05) is 19.2 Å². The minimum atomic E-state index is -0.613. The summed E-state index contributed by atoms with van der Waals surface area (Å²) in [4.78, 5) is 0. The third-order valence-electron chi connectivity index (χ3n) is 2.89. The van der Waals surface area contributed by atoms with Crippen LogP contribution in [0, 0.1) is 5.92 Å². The van der Waals surface area contributed by atoms with Crippen molar-refractivity contribution >= 4 is 0 Å². The lowest BCUT2D eigenvalue weighted by atomic mass is 9.95. The standard InChI is InChI=1S/C13H29NO2/c1-11(2)7-8-13(4,16)10-14-12(3)6-5-9-15/h11-12,14-16H,5-10H2,1-4H3. The SMILES string of the molecule is CC(C)CCC(C)(O)CNC(C)CCCO. The van der Waals surface area contributed by atoms with Crippen LogP contribution in [0.15, 0.2) is 0 Å². The number of aliphatic hydroxyl groups excluding tert-OH is 1. The van der Waals surface area contributed by atoms with Crippen LogP contribution < -0.4 is 5.32 Å². The molecule has 0 aromatic carbocycles. The van der Waals surface area contributed by atoms with Crippen molar-refractivity contribution in [2.45, 2.75) is 65.0 Å².